The molecule has 0 saturated heterocycles. The molecule has 2 amide bonds. The zero-order chi connectivity index (χ0) is 17.0. The van der Waals surface area contributed by atoms with Gasteiger partial charge in [0.2, 0.25) is 0 Å². The van der Waals surface area contributed by atoms with Crippen molar-refractivity contribution in [3.8, 4) is 5.75 Å². The summed E-state index contributed by atoms with van der Waals surface area (Å²) in [7, 11) is 1.23. The van der Waals surface area contributed by atoms with Crippen molar-refractivity contribution < 1.29 is 18.3 Å². The molecule has 8 heteroatoms. The van der Waals surface area contributed by atoms with Crippen LogP contribution in [0.15, 0.2) is 18.2 Å². The molecule has 0 aliphatic heterocycles. The molecular weight excluding hydrogens is 306 g/mol. The first-order chi connectivity index (χ1) is 10.9. The number of amides is 2. The molecule has 0 saturated carbocycles. The van der Waals surface area contributed by atoms with E-state index in [9.17, 15) is 13.6 Å². The van der Waals surface area contributed by atoms with Gasteiger partial charge in [-0.2, -0.15) is 5.10 Å². The minimum atomic E-state index is -0.783. The van der Waals surface area contributed by atoms with Crippen LogP contribution in [0.3, 0.4) is 0 Å². The Morgan fingerprint density at radius 3 is 2.70 bits per heavy atom. The predicted octanol–water partition coefficient (Wildman–Crippen LogP) is 2.76. The van der Waals surface area contributed by atoms with Crippen LogP contribution in [-0.4, -0.2) is 29.4 Å². The second-order valence-electron chi connectivity index (χ2n) is 5.21. The van der Waals surface area contributed by atoms with E-state index in [0.29, 0.717) is 6.42 Å². The molecule has 1 aromatic carbocycles. The minimum Gasteiger partial charge on any atom is -0.494 e. The van der Waals surface area contributed by atoms with E-state index in [4.69, 9.17) is 0 Å². The first-order valence-electron chi connectivity index (χ1n) is 7.00. The number of hydrogen-bond donors (Lipinski definition) is 3. The third-order valence-electron chi connectivity index (χ3n) is 3.14. The zero-order valence-corrected chi connectivity index (χ0v) is 13.0. The standard InChI is InChI=1S/C15H18F2N4O2/c1-8(4-10-5-9(2)20-21-10)18-15(22)19-13-6-12(17)14(23-3)7-11(13)16/h5-8H,4H2,1-3H3,(H,20,21)(H2,18,19,22). The number of benzene rings is 1. The SMILES string of the molecule is COc1cc(F)c(NC(=O)NC(C)Cc2cc(C)[nH]n2)cc1F. The summed E-state index contributed by atoms with van der Waals surface area (Å²) in [5.74, 6) is -1.77. The van der Waals surface area contributed by atoms with Gasteiger partial charge in [-0.15, -0.1) is 0 Å². The lowest BCUT2D eigenvalue weighted by Crippen LogP contribution is -2.37. The summed E-state index contributed by atoms with van der Waals surface area (Å²) in [6.07, 6.45) is 0.511. The number of halogens is 2. The Morgan fingerprint density at radius 2 is 2.09 bits per heavy atom. The molecule has 0 fully saturated rings. The van der Waals surface area contributed by atoms with Crippen LogP contribution in [0.4, 0.5) is 19.3 Å². The van der Waals surface area contributed by atoms with Crippen molar-refractivity contribution in [2.75, 3.05) is 12.4 Å². The second kappa shape index (κ2) is 7.08. The Morgan fingerprint density at radius 1 is 1.35 bits per heavy atom. The van der Waals surface area contributed by atoms with Gasteiger partial charge in [0, 0.05) is 30.3 Å². The summed E-state index contributed by atoms with van der Waals surface area (Å²) in [5.41, 5.74) is 1.47. The molecule has 0 aliphatic rings. The first-order valence-corrected chi connectivity index (χ1v) is 7.00. The minimum absolute atomic E-state index is 0.226. The van der Waals surface area contributed by atoms with Crippen molar-refractivity contribution in [3.05, 3.63) is 41.2 Å². The van der Waals surface area contributed by atoms with E-state index in [0.717, 1.165) is 23.5 Å². The van der Waals surface area contributed by atoms with Gasteiger partial charge in [0.05, 0.1) is 18.5 Å². The normalized spacial score (nSPS) is 11.9. The Labute approximate surface area is 132 Å². The number of H-pyrrole nitrogens is 1. The third-order valence-corrected chi connectivity index (χ3v) is 3.14. The number of urea groups is 1. The molecule has 124 valence electrons. The van der Waals surface area contributed by atoms with E-state index in [1.807, 2.05) is 13.0 Å². The molecule has 23 heavy (non-hydrogen) atoms. The van der Waals surface area contributed by atoms with Gasteiger partial charge in [-0.05, 0) is 19.9 Å². The van der Waals surface area contributed by atoms with E-state index < -0.39 is 17.7 Å². The highest BCUT2D eigenvalue weighted by atomic mass is 19.1. The number of nitrogens with one attached hydrogen (secondary N) is 3. The van der Waals surface area contributed by atoms with Crippen LogP contribution < -0.4 is 15.4 Å². The number of anilines is 1. The molecular formula is C15H18F2N4O2. The number of hydrogen-bond acceptors (Lipinski definition) is 3. The third kappa shape index (κ3) is 4.41. The Bertz CT molecular complexity index is 703. The fourth-order valence-electron chi connectivity index (χ4n) is 2.11. The molecule has 0 bridgehead atoms. The Hall–Kier alpha value is -2.64. The zero-order valence-electron chi connectivity index (χ0n) is 13.0. The molecule has 1 aromatic heterocycles. The highest BCUT2D eigenvalue weighted by Crippen LogP contribution is 2.24. The predicted molar refractivity (Wildman–Crippen MR) is 81.6 cm³/mol. The van der Waals surface area contributed by atoms with Crippen molar-refractivity contribution in [3.63, 3.8) is 0 Å². The van der Waals surface area contributed by atoms with Gasteiger partial charge in [-0.1, -0.05) is 0 Å². The lowest BCUT2D eigenvalue weighted by molar-refractivity contribution is 0.249. The summed E-state index contributed by atoms with van der Waals surface area (Å²) >= 11 is 0. The van der Waals surface area contributed by atoms with Gasteiger partial charge >= 0.3 is 6.03 Å². The fourth-order valence-corrected chi connectivity index (χ4v) is 2.11. The van der Waals surface area contributed by atoms with Crippen LogP contribution in [-0.2, 0) is 6.42 Å². The van der Waals surface area contributed by atoms with Crippen LogP contribution in [0.5, 0.6) is 5.75 Å². The van der Waals surface area contributed by atoms with E-state index in [-0.39, 0.29) is 17.5 Å². The van der Waals surface area contributed by atoms with Gasteiger partial charge in [0.15, 0.2) is 17.4 Å². The van der Waals surface area contributed by atoms with E-state index in [1.54, 1.807) is 6.92 Å². The number of nitrogens with zero attached hydrogens (tertiary/aromatic N) is 1. The smallest absolute Gasteiger partial charge is 0.319 e. The average molecular weight is 324 g/mol. The van der Waals surface area contributed by atoms with Crippen molar-refractivity contribution in [2.24, 2.45) is 0 Å². The highest BCUT2D eigenvalue weighted by Gasteiger charge is 2.14. The summed E-state index contributed by atoms with van der Waals surface area (Å²) in [4.78, 5) is 11.9. The van der Waals surface area contributed by atoms with Gasteiger partial charge in [-0.3, -0.25) is 5.10 Å². The molecule has 1 heterocycles. The van der Waals surface area contributed by atoms with Gasteiger partial charge < -0.3 is 15.4 Å². The number of carbonyl (C=O) groups excluding carboxylic acids is 1. The van der Waals surface area contributed by atoms with E-state index in [2.05, 4.69) is 25.6 Å². The van der Waals surface area contributed by atoms with Crippen LogP contribution in [0.2, 0.25) is 0 Å². The van der Waals surface area contributed by atoms with Crippen LogP contribution >= 0.6 is 0 Å². The fraction of sp³-hybridized carbons (Fsp3) is 0.333. The highest BCUT2D eigenvalue weighted by molar-refractivity contribution is 5.89. The lowest BCUT2D eigenvalue weighted by atomic mass is 10.2. The van der Waals surface area contributed by atoms with Crippen LogP contribution in [0, 0.1) is 18.6 Å². The monoisotopic (exact) mass is 324 g/mol. The molecule has 1 atom stereocenters. The average Bonchev–Trinajstić information content (AvgIpc) is 2.87. The number of carbonyl (C=O) groups is 1. The van der Waals surface area contributed by atoms with Gasteiger partial charge in [0.25, 0.3) is 0 Å². The van der Waals surface area contributed by atoms with Crippen molar-refractivity contribution in [1.82, 2.24) is 15.5 Å². The number of rotatable bonds is 5. The van der Waals surface area contributed by atoms with Crippen LogP contribution in [0.1, 0.15) is 18.3 Å². The molecule has 0 aliphatic carbocycles. The lowest BCUT2D eigenvalue weighted by Gasteiger charge is -2.14. The van der Waals surface area contributed by atoms with Crippen molar-refractivity contribution in [1.29, 1.82) is 0 Å². The quantitative estimate of drug-likeness (QED) is 0.791. The maximum Gasteiger partial charge on any atom is 0.319 e. The molecule has 1 unspecified atom stereocenters. The second-order valence-corrected chi connectivity index (χ2v) is 5.21. The maximum atomic E-state index is 13.8. The number of ether oxygens (including phenoxy) is 1. The number of aromatic nitrogens is 2. The molecule has 3 N–H and O–H groups in total. The number of methoxy groups -OCH3 is 1. The van der Waals surface area contributed by atoms with Gasteiger partial charge in [0.1, 0.15) is 0 Å². The number of aromatic amines is 1. The summed E-state index contributed by atoms with van der Waals surface area (Å²) in [5, 5.41) is 11.8. The first kappa shape index (κ1) is 16.7. The van der Waals surface area contributed by atoms with Gasteiger partial charge in [-0.25, -0.2) is 13.6 Å². The molecule has 2 rings (SSSR count). The summed E-state index contributed by atoms with van der Waals surface area (Å²) in [6.45, 7) is 3.66. The summed E-state index contributed by atoms with van der Waals surface area (Å²) in [6, 6.07) is 2.75. The molecule has 6 nitrogen and oxygen atoms in total. The number of aryl methyl sites for hydroxylation is 1. The topological polar surface area (TPSA) is 79.0 Å². The van der Waals surface area contributed by atoms with E-state index in [1.165, 1.54) is 7.11 Å². The molecule has 2 aromatic rings. The van der Waals surface area contributed by atoms with Crippen molar-refractivity contribution >= 4 is 11.7 Å². The maximum absolute atomic E-state index is 13.8. The molecule has 0 spiro atoms. The van der Waals surface area contributed by atoms with Crippen LogP contribution in [0.25, 0.3) is 0 Å². The van der Waals surface area contributed by atoms with Crippen molar-refractivity contribution in [2.45, 2.75) is 26.3 Å². The Balaban J connectivity index is 1.95. The van der Waals surface area contributed by atoms with E-state index >= 15 is 0 Å². The molecule has 0 radical (unpaired) electrons. The largest absolute Gasteiger partial charge is 0.494 e. The Kier molecular flexibility index (Phi) is 5.15. The summed E-state index contributed by atoms with van der Waals surface area (Å²) < 4.78 is 32.0.